The normalized spacial score (nSPS) is 6.67. The minimum atomic E-state index is 0. The van der Waals surface area contributed by atoms with E-state index in [1.54, 1.807) is 11.3 Å². The van der Waals surface area contributed by atoms with Crippen LogP contribution in [0.4, 0.5) is 0 Å². The fourth-order valence-corrected chi connectivity index (χ4v) is 0.680. The molecule has 0 aliphatic carbocycles. The van der Waals surface area contributed by atoms with Crippen molar-refractivity contribution in [2.45, 2.75) is 0 Å². The van der Waals surface area contributed by atoms with Gasteiger partial charge in [-0.05, 0) is 10.8 Å². The molecule has 2 heteroatoms. The standard InChI is InChI=1S/C4H4S.Na.H/c1-2-4-5-3-1;;/h1-4H;;. The summed E-state index contributed by atoms with van der Waals surface area (Å²) in [6.07, 6.45) is 0. The molecule has 0 atom stereocenters. The fourth-order valence-electron chi connectivity index (χ4n) is 0.227. The Morgan fingerprint density at radius 2 is 1.50 bits per heavy atom. The maximum absolute atomic E-state index is 2.04. The van der Waals surface area contributed by atoms with Crippen molar-refractivity contribution in [1.29, 1.82) is 0 Å². The average Bonchev–Trinajstić information content (AvgIpc) is 1.76. The van der Waals surface area contributed by atoms with Gasteiger partial charge in [-0.1, -0.05) is 12.1 Å². The molecule has 0 fully saturated rings. The molecule has 0 N–H and O–H groups in total. The Bertz CT molecular complexity index is 64.0. The molecule has 0 radical (unpaired) electrons. The summed E-state index contributed by atoms with van der Waals surface area (Å²) < 4.78 is 0. The first kappa shape index (κ1) is 6.70. The van der Waals surface area contributed by atoms with E-state index in [1.165, 1.54) is 0 Å². The van der Waals surface area contributed by atoms with Crippen LogP contribution in [-0.4, -0.2) is 29.6 Å². The molecule has 28 valence electrons. The third-order valence-corrected chi connectivity index (χ3v) is 1.05. The molecular formula is C4H5NaS. The van der Waals surface area contributed by atoms with Gasteiger partial charge in [0.1, 0.15) is 0 Å². The zero-order valence-electron chi connectivity index (χ0n) is 2.72. The van der Waals surface area contributed by atoms with Crippen LogP contribution in [0.5, 0.6) is 0 Å². The van der Waals surface area contributed by atoms with E-state index in [4.69, 9.17) is 0 Å². The third kappa shape index (κ3) is 1.98. The molecule has 0 aliphatic rings. The van der Waals surface area contributed by atoms with Crippen molar-refractivity contribution < 1.29 is 0 Å². The first-order valence-electron chi connectivity index (χ1n) is 1.47. The number of thiophene rings is 1. The third-order valence-electron chi connectivity index (χ3n) is 0.425. The molecule has 0 bridgehead atoms. The molecule has 0 nitrogen and oxygen atoms in total. The van der Waals surface area contributed by atoms with Gasteiger partial charge in [-0.15, -0.1) is 0 Å². The number of rotatable bonds is 0. The SMILES string of the molecule is [NaH].c1ccsc1. The fraction of sp³-hybridized carbons (Fsp3) is 0. The molecule has 1 aromatic rings. The van der Waals surface area contributed by atoms with E-state index in [1.807, 2.05) is 22.9 Å². The van der Waals surface area contributed by atoms with E-state index in [2.05, 4.69) is 0 Å². The Labute approximate surface area is 63.5 Å². The largest absolute Gasteiger partial charge is 0.152 e. The molecule has 0 amide bonds. The summed E-state index contributed by atoms with van der Waals surface area (Å²) >= 11 is 1.71. The van der Waals surface area contributed by atoms with Crippen LogP contribution in [-0.2, 0) is 0 Å². The molecular weight excluding hydrogens is 103 g/mol. The summed E-state index contributed by atoms with van der Waals surface area (Å²) in [6, 6.07) is 4.04. The molecule has 0 aliphatic heterocycles. The second kappa shape index (κ2) is 3.88. The molecule has 0 unspecified atom stereocenters. The maximum atomic E-state index is 2.04. The summed E-state index contributed by atoms with van der Waals surface area (Å²) in [5.74, 6) is 0. The van der Waals surface area contributed by atoms with Crippen LogP contribution in [0.3, 0.4) is 0 Å². The Morgan fingerprint density at radius 3 is 1.67 bits per heavy atom. The molecule has 0 saturated heterocycles. The summed E-state index contributed by atoms with van der Waals surface area (Å²) in [4.78, 5) is 0. The first-order valence-corrected chi connectivity index (χ1v) is 2.41. The second-order valence-electron chi connectivity index (χ2n) is 0.793. The summed E-state index contributed by atoms with van der Waals surface area (Å²) in [6.45, 7) is 0. The monoisotopic (exact) mass is 108 g/mol. The molecule has 0 aromatic carbocycles. The van der Waals surface area contributed by atoms with Crippen LogP contribution < -0.4 is 0 Å². The zero-order valence-corrected chi connectivity index (χ0v) is 3.53. The van der Waals surface area contributed by atoms with E-state index in [-0.39, 0.29) is 29.6 Å². The van der Waals surface area contributed by atoms with E-state index in [9.17, 15) is 0 Å². The molecule has 1 aromatic heterocycles. The van der Waals surface area contributed by atoms with Crippen LogP contribution >= 0.6 is 11.3 Å². The van der Waals surface area contributed by atoms with Crippen LogP contribution in [0.2, 0.25) is 0 Å². The van der Waals surface area contributed by atoms with Gasteiger partial charge >= 0.3 is 29.6 Å². The minimum Gasteiger partial charge on any atom is -0.152 e. The summed E-state index contributed by atoms with van der Waals surface area (Å²) in [7, 11) is 0. The van der Waals surface area contributed by atoms with Gasteiger partial charge in [0.25, 0.3) is 0 Å². The predicted molar refractivity (Wildman–Crippen MR) is 31.5 cm³/mol. The van der Waals surface area contributed by atoms with Crippen LogP contribution in [0.15, 0.2) is 22.9 Å². The van der Waals surface area contributed by atoms with Gasteiger partial charge in [-0.25, -0.2) is 0 Å². The Morgan fingerprint density at radius 1 is 1.00 bits per heavy atom. The number of hydrogen-bond acceptors (Lipinski definition) is 1. The summed E-state index contributed by atoms with van der Waals surface area (Å²) in [5, 5.41) is 4.08. The van der Waals surface area contributed by atoms with E-state index in [0.29, 0.717) is 0 Å². The van der Waals surface area contributed by atoms with Gasteiger partial charge < -0.3 is 0 Å². The number of hydrogen-bond donors (Lipinski definition) is 0. The molecule has 6 heavy (non-hydrogen) atoms. The Kier molecular flexibility index (Phi) is 4.33. The predicted octanol–water partition coefficient (Wildman–Crippen LogP) is 1.10. The van der Waals surface area contributed by atoms with Gasteiger partial charge in [0.15, 0.2) is 0 Å². The molecule has 1 heterocycles. The molecule has 0 spiro atoms. The topological polar surface area (TPSA) is 0 Å². The van der Waals surface area contributed by atoms with Gasteiger partial charge in [0.05, 0.1) is 0 Å². The van der Waals surface area contributed by atoms with Crippen LogP contribution in [0.25, 0.3) is 0 Å². The maximum Gasteiger partial charge on any atom is -0.00934 e. The Balaban J connectivity index is 0.000000250. The van der Waals surface area contributed by atoms with Gasteiger partial charge in [0, 0.05) is 0 Å². The van der Waals surface area contributed by atoms with Crippen molar-refractivity contribution in [1.82, 2.24) is 0 Å². The van der Waals surface area contributed by atoms with E-state index in [0.717, 1.165) is 0 Å². The van der Waals surface area contributed by atoms with Gasteiger partial charge in [-0.3, -0.25) is 0 Å². The second-order valence-corrected chi connectivity index (χ2v) is 1.61. The quantitative estimate of drug-likeness (QED) is 0.436. The van der Waals surface area contributed by atoms with Crippen molar-refractivity contribution in [3.63, 3.8) is 0 Å². The summed E-state index contributed by atoms with van der Waals surface area (Å²) in [5.41, 5.74) is 0. The average molecular weight is 108 g/mol. The van der Waals surface area contributed by atoms with E-state index < -0.39 is 0 Å². The molecule has 1 rings (SSSR count). The van der Waals surface area contributed by atoms with Crippen molar-refractivity contribution >= 4 is 40.9 Å². The Hall–Kier alpha value is 0.700. The van der Waals surface area contributed by atoms with Crippen molar-refractivity contribution in [3.8, 4) is 0 Å². The molecule has 0 saturated carbocycles. The first-order chi connectivity index (χ1) is 2.50. The smallest absolute Gasteiger partial charge is 0.00934 e. The minimum absolute atomic E-state index is 0. The zero-order chi connectivity index (χ0) is 3.54. The van der Waals surface area contributed by atoms with Crippen LogP contribution in [0, 0.1) is 0 Å². The van der Waals surface area contributed by atoms with Crippen molar-refractivity contribution in [2.24, 2.45) is 0 Å². The van der Waals surface area contributed by atoms with Gasteiger partial charge in [0.2, 0.25) is 0 Å². The van der Waals surface area contributed by atoms with E-state index >= 15 is 0 Å². The van der Waals surface area contributed by atoms with Crippen LogP contribution in [0.1, 0.15) is 0 Å². The van der Waals surface area contributed by atoms with Crippen molar-refractivity contribution in [3.05, 3.63) is 22.9 Å². The van der Waals surface area contributed by atoms with Crippen molar-refractivity contribution in [2.75, 3.05) is 0 Å². The van der Waals surface area contributed by atoms with Gasteiger partial charge in [-0.2, -0.15) is 11.3 Å².